The molecule has 1 aliphatic rings. The van der Waals surface area contributed by atoms with Crippen molar-refractivity contribution in [3.63, 3.8) is 0 Å². The first-order valence-corrected chi connectivity index (χ1v) is 10.9. The van der Waals surface area contributed by atoms with Crippen LogP contribution in [0.2, 0.25) is 0 Å². The van der Waals surface area contributed by atoms with Crippen molar-refractivity contribution in [3.8, 4) is 0 Å². The van der Waals surface area contributed by atoms with E-state index < -0.39 is 35.9 Å². The number of esters is 3. The Balaban J connectivity index is 2.04. The molecule has 0 amide bonds. The molecule has 1 aliphatic heterocycles. The van der Waals surface area contributed by atoms with Gasteiger partial charge < -0.3 is 14.2 Å². The summed E-state index contributed by atoms with van der Waals surface area (Å²) in [5, 5.41) is 3.32. The van der Waals surface area contributed by atoms with E-state index in [0.717, 1.165) is 11.1 Å². The molecule has 0 aliphatic carbocycles. The maximum atomic E-state index is 13.1. The summed E-state index contributed by atoms with van der Waals surface area (Å²) in [4.78, 5) is 38.0. The Bertz CT molecular complexity index is 927. The Hall–Kier alpha value is -3.19. The second-order valence-electron chi connectivity index (χ2n) is 7.43. The molecule has 170 valence electrons. The smallest absolute Gasteiger partial charge is 0.338 e. The van der Waals surface area contributed by atoms with Crippen LogP contribution in [0, 0.1) is 5.92 Å². The van der Waals surface area contributed by atoms with Crippen molar-refractivity contribution in [1.29, 1.82) is 0 Å². The lowest BCUT2D eigenvalue weighted by Gasteiger charge is -2.24. The molecule has 7 heteroatoms. The van der Waals surface area contributed by atoms with Crippen molar-refractivity contribution in [2.75, 3.05) is 19.8 Å². The fraction of sp³-hybridized carbons (Fsp3) is 0.400. The summed E-state index contributed by atoms with van der Waals surface area (Å²) in [6.07, 6.45) is 0. The number of carbonyl (C=O) groups excluding carboxylic acids is 3. The number of hydrogen-bond acceptors (Lipinski definition) is 7. The topological polar surface area (TPSA) is 90.9 Å². The lowest BCUT2D eigenvalue weighted by molar-refractivity contribution is -0.149. The Kier molecular flexibility index (Phi) is 8.00. The summed E-state index contributed by atoms with van der Waals surface area (Å²) in [5.41, 5.74) is 2.02. The van der Waals surface area contributed by atoms with Gasteiger partial charge in [0.1, 0.15) is 6.04 Å². The molecule has 0 radical (unpaired) electrons. The van der Waals surface area contributed by atoms with Crippen molar-refractivity contribution >= 4 is 17.9 Å². The molecule has 0 saturated carbocycles. The average molecular weight is 440 g/mol. The number of benzene rings is 2. The van der Waals surface area contributed by atoms with Gasteiger partial charge in [-0.1, -0.05) is 42.5 Å². The van der Waals surface area contributed by atoms with Crippen molar-refractivity contribution in [3.05, 3.63) is 71.3 Å². The number of nitrogens with one attached hydrogen (secondary N) is 1. The van der Waals surface area contributed by atoms with E-state index in [1.165, 1.54) is 0 Å². The van der Waals surface area contributed by atoms with Crippen molar-refractivity contribution in [2.45, 2.75) is 38.8 Å². The molecule has 4 atom stereocenters. The van der Waals surface area contributed by atoms with Crippen LogP contribution in [0.1, 0.15) is 54.2 Å². The molecule has 2 aromatic carbocycles. The van der Waals surface area contributed by atoms with Crippen LogP contribution in [-0.2, 0) is 23.8 Å². The number of ether oxygens (including phenoxy) is 3. The van der Waals surface area contributed by atoms with E-state index in [-0.39, 0.29) is 25.8 Å². The first kappa shape index (κ1) is 23.5. The van der Waals surface area contributed by atoms with Gasteiger partial charge in [-0.05, 0) is 44.0 Å². The van der Waals surface area contributed by atoms with Crippen LogP contribution in [0.4, 0.5) is 0 Å². The van der Waals surface area contributed by atoms with Gasteiger partial charge in [0.15, 0.2) is 0 Å². The largest absolute Gasteiger partial charge is 0.466 e. The van der Waals surface area contributed by atoms with Crippen molar-refractivity contribution in [1.82, 2.24) is 5.32 Å². The Morgan fingerprint density at radius 1 is 0.750 bits per heavy atom. The first-order chi connectivity index (χ1) is 15.5. The quantitative estimate of drug-likeness (QED) is 0.498. The normalized spacial score (nSPS) is 22.2. The van der Waals surface area contributed by atoms with E-state index in [2.05, 4.69) is 5.32 Å². The second-order valence-corrected chi connectivity index (χ2v) is 7.43. The first-order valence-electron chi connectivity index (χ1n) is 10.9. The Labute approximate surface area is 188 Å². The molecule has 7 nitrogen and oxygen atoms in total. The van der Waals surface area contributed by atoms with Crippen LogP contribution in [0.5, 0.6) is 0 Å². The minimum Gasteiger partial charge on any atom is -0.466 e. The predicted octanol–water partition coefficient (Wildman–Crippen LogP) is 3.40. The monoisotopic (exact) mass is 439 g/mol. The minimum absolute atomic E-state index is 0.228. The van der Waals surface area contributed by atoms with E-state index in [1.54, 1.807) is 45.0 Å². The number of hydrogen-bond donors (Lipinski definition) is 1. The number of carbonyl (C=O) groups is 3. The molecule has 1 fully saturated rings. The molecule has 1 saturated heterocycles. The highest BCUT2D eigenvalue weighted by Crippen LogP contribution is 2.44. The number of rotatable bonds is 8. The van der Waals surface area contributed by atoms with Crippen LogP contribution >= 0.6 is 0 Å². The van der Waals surface area contributed by atoms with Gasteiger partial charge in [0, 0.05) is 12.0 Å². The standard InChI is InChI=1S/C25H29NO6/c1-4-30-23(27)18-14-12-16(13-15-18)19-20(24(28)31-5-2)21(17-10-8-7-9-11-17)26-22(19)25(29)32-6-3/h7-15,19-22,26H,4-6H2,1-3H3. The third-order valence-electron chi connectivity index (χ3n) is 5.53. The predicted molar refractivity (Wildman–Crippen MR) is 118 cm³/mol. The van der Waals surface area contributed by atoms with Gasteiger partial charge in [-0.3, -0.25) is 14.9 Å². The van der Waals surface area contributed by atoms with Gasteiger partial charge in [0.05, 0.1) is 31.3 Å². The summed E-state index contributed by atoms with van der Waals surface area (Å²) >= 11 is 0. The summed E-state index contributed by atoms with van der Waals surface area (Å²) in [7, 11) is 0. The highest BCUT2D eigenvalue weighted by atomic mass is 16.5. The third-order valence-corrected chi connectivity index (χ3v) is 5.53. The zero-order valence-electron chi connectivity index (χ0n) is 18.6. The SMILES string of the molecule is CCOC(=O)c1ccc(C2C(C(=O)OCC)NC(c3ccccc3)C2C(=O)OCC)cc1. The van der Waals surface area contributed by atoms with Crippen LogP contribution in [0.15, 0.2) is 54.6 Å². The van der Waals surface area contributed by atoms with E-state index in [1.807, 2.05) is 30.3 Å². The van der Waals surface area contributed by atoms with E-state index in [9.17, 15) is 14.4 Å². The molecule has 0 aromatic heterocycles. The molecule has 2 aromatic rings. The lowest BCUT2D eigenvalue weighted by Crippen LogP contribution is -2.37. The molecule has 1 heterocycles. The summed E-state index contributed by atoms with van der Waals surface area (Å²) in [6.45, 7) is 5.98. The maximum Gasteiger partial charge on any atom is 0.338 e. The van der Waals surface area contributed by atoms with Gasteiger partial charge in [0.25, 0.3) is 0 Å². The lowest BCUT2D eigenvalue weighted by atomic mass is 9.79. The molecule has 3 rings (SSSR count). The molecule has 4 unspecified atom stereocenters. The molecule has 0 spiro atoms. The highest BCUT2D eigenvalue weighted by Gasteiger charge is 2.52. The minimum atomic E-state index is -0.747. The van der Waals surface area contributed by atoms with E-state index >= 15 is 0 Å². The molecule has 0 bridgehead atoms. The van der Waals surface area contributed by atoms with Crippen molar-refractivity contribution in [2.24, 2.45) is 5.92 Å². The molecule has 1 N–H and O–H groups in total. The van der Waals surface area contributed by atoms with Crippen LogP contribution in [0.3, 0.4) is 0 Å². The van der Waals surface area contributed by atoms with Crippen LogP contribution in [0.25, 0.3) is 0 Å². The van der Waals surface area contributed by atoms with Gasteiger partial charge in [0.2, 0.25) is 0 Å². The fourth-order valence-electron chi connectivity index (χ4n) is 4.20. The summed E-state index contributed by atoms with van der Waals surface area (Å²) in [6, 6.07) is 15.1. The summed E-state index contributed by atoms with van der Waals surface area (Å²) in [5.74, 6) is -2.43. The highest BCUT2D eigenvalue weighted by molar-refractivity contribution is 5.89. The van der Waals surface area contributed by atoms with Gasteiger partial charge in [-0.25, -0.2) is 4.79 Å². The van der Waals surface area contributed by atoms with E-state index in [4.69, 9.17) is 14.2 Å². The second kappa shape index (κ2) is 10.9. The van der Waals surface area contributed by atoms with Crippen LogP contribution < -0.4 is 5.32 Å². The van der Waals surface area contributed by atoms with Gasteiger partial charge in [-0.15, -0.1) is 0 Å². The zero-order chi connectivity index (χ0) is 23.1. The fourth-order valence-corrected chi connectivity index (χ4v) is 4.20. The Morgan fingerprint density at radius 2 is 1.34 bits per heavy atom. The summed E-state index contributed by atoms with van der Waals surface area (Å²) < 4.78 is 15.8. The molecule has 32 heavy (non-hydrogen) atoms. The zero-order valence-corrected chi connectivity index (χ0v) is 18.6. The molecular weight excluding hydrogens is 410 g/mol. The average Bonchev–Trinajstić information content (AvgIpc) is 3.21. The Morgan fingerprint density at radius 3 is 1.94 bits per heavy atom. The maximum absolute atomic E-state index is 13.1. The molecular formula is C25H29NO6. The van der Waals surface area contributed by atoms with Gasteiger partial charge in [-0.2, -0.15) is 0 Å². The van der Waals surface area contributed by atoms with Crippen LogP contribution in [-0.4, -0.2) is 43.8 Å². The third kappa shape index (κ3) is 4.99. The van der Waals surface area contributed by atoms with E-state index in [0.29, 0.717) is 5.56 Å². The van der Waals surface area contributed by atoms with Gasteiger partial charge >= 0.3 is 17.9 Å². The van der Waals surface area contributed by atoms with Crippen molar-refractivity contribution < 1.29 is 28.6 Å².